The fraction of sp³-hybridized carbons (Fsp3) is 1.00. The molecule has 13 heteroatoms. The number of ether oxygens (including phenoxy) is 4. The summed E-state index contributed by atoms with van der Waals surface area (Å²) in [6.07, 6.45) is -5.97. The predicted molar refractivity (Wildman–Crippen MR) is 155 cm³/mol. The lowest BCUT2D eigenvalue weighted by Crippen LogP contribution is -2.62. The molecule has 17 atom stereocenters. The van der Waals surface area contributed by atoms with Gasteiger partial charge in [0.2, 0.25) is 0 Å². The van der Waals surface area contributed by atoms with Crippen LogP contribution in [0.4, 0.5) is 0 Å². The summed E-state index contributed by atoms with van der Waals surface area (Å²) in [6, 6.07) is 0. The fourth-order valence-corrected chi connectivity index (χ4v) is 11.0. The Labute approximate surface area is 264 Å². The molecule has 6 rings (SSSR count). The Balaban J connectivity index is 1.11. The largest absolute Gasteiger partial charge is 0.394 e. The quantitative estimate of drug-likeness (QED) is 0.151. The third-order valence-electron chi connectivity index (χ3n) is 13.2. The monoisotopic (exact) mass is 646 g/mol. The molecule has 4 saturated carbocycles. The van der Waals surface area contributed by atoms with Crippen LogP contribution in [0.2, 0.25) is 0 Å². The molecular weight excluding hydrogens is 592 g/mol. The van der Waals surface area contributed by atoms with Crippen LogP contribution >= 0.6 is 0 Å². The molecule has 0 aromatic rings. The zero-order chi connectivity index (χ0) is 32.5. The first-order valence-corrected chi connectivity index (χ1v) is 16.8. The van der Waals surface area contributed by atoms with Crippen molar-refractivity contribution in [2.75, 3.05) is 26.4 Å². The second-order valence-corrected chi connectivity index (χ2v) is 15.8. The van der Waals surface area contributed by atoms with Crippen LogP contribution in [0.3, 0.4) is 0 Å². The van der Waals surface area contributed by atoms with E-state index in [4.69, 9.17) is 18.9 Å². The first kappa shape index (κ1) is 34.3. The summed E-state index contributed by atoms with van der Waals surface area (Å²) in [4.78, 5) is 0. The van der Waals surface area contributed by atoms with Gasteiger partial charge in [0.1, 0.15) is 48.8 Å². The van der Waals surface area contributed by atoms with Crippen LogP contribution in [-0.4, -0.2) is 139 Å². The number of rotatable bonds is 8. The molecule has 9 N–H and O–H groups in total. The zero-order valence-corrected chi connectivity index (χ0v) is 26.4. The van der Waals surface area contributed by atoms with Crippen LogP contribution in [0, 0.1) is 34.0 Å². The van der Waals surface area contributed by atoms with E-state index in [0.717, 1.165) is 51.4 Å². The van der Waals surface area contributed by atoms with Crippen LogP contribution in [0.15, 0.2) is 0 Å². The van der Waals surface area contributed by atoms with E-state index < -0.39 is 80.2 Å². The molecule has 0 amide bonds. The summed E-state index contributed by atoms with van der Waals surface area (Å²) in [6.45, 7) is 3.67. The van der Waals surface area contributed by atoms with Gasteiger partial charge in [-0.2, -0.15) is 0 Å². The van der Waals surface area contributed by atoms with Crippen LogP contribution < -0.4 is 0 Å². The number of aliphatic hydroxyl groups excluding tert-OH is 8. The average molecular weight is 647 g/mol. The molecule has 2 saturated heterocycles. The smallest absolute Gasteiger partial charge is 0.186 e. The van der Waals surface area contributed by atoms with Gasteiger partial charge in [-0.05, 0) is 85.4 Å². The Morgan fingerprint density at radius 3 is 2.02 bits per heavy atom. The van der Waals surface area contributed by atoms with Gasteiger partial charge < -0.3 is 64.9 Å². The maximum atomic E-state index is 11.3. The van der Waals surface area contributed by atoms with E-state index >= 15 is 0 Å². The van der Waals surface area contributed by atoms with Gasteiger partial charge in [0.25, 0.3) is 0 Å². The van der Waals surface area contributed by atoms with Crippen molar-refractivity contribution in [2.24, 2.45) is 34.0 Å². The average Bonchev–Trinajstić information content (AvgIpc) is 3.22. The molecule has 6 fully saturated rings. The molecule has 1 spiro atoms. The van der Waals surface area contributed by atoms with E-state index in [-0.39, 0.29) is 35.4 Å². The van der Waals surface area contributed by atoms with Gasteiger partial charge in [-0.1, -0.05) is 20.3 Å². The Bertz CT molecular complexity index is 1050. The topological polar surface area (TPSA) is 219 Å². The van der Waals surface area contributed by atoms with E-state index in [9.17, 15) is 46.0 Å². The van der Waals surface area contributed by atoms with E-state index in [1.54, 1.807) is 0 Å². The standard InChI is InChI=1S/C32H54O13/c1-29(7-3-8-30(2)19(29)6-9-31-10-16(4-5-20(30)31)32(41,13-31)14-34)15-43-28-26(40)24(38)22(36)18(45-28)12-42-27-25(39)23(37)21(35)17(11-33)44-27/h16-28,33-41H,3-15H2,1-2H3/t16-,17+,18+,19+,20-,21+,22+,23-,24-,25+,26+,27+,28+,29-,30+,31+,32-/m0/s1. The minimum Gasteiger partial charge on any atom is -0.394 e. The van der Waals surface area contributed by atoms with Gasteiger partial charge in [-0.15, -0.1) is 0 Å². The Kier molecular flexibility index (Phi) is 9.48. The normalized spacial score (nSPS) is 56.5. The van der Waals surface area contributed by atoms with Crippen LogP contribution in [-0.2, 0) is 18.9 Å². The first-order chi connectivity index (χ1) is 21.2. The minimum atomic E-state index is -1.64. The van der Waals surface area contributed by atoms with Crippen molar-refractivity contribution < 1.29 is 64.9 Å². The maximum Gasteiger partial charge on any atom is 0.186 e. The summed E-state index contributed by atoms with van der Waals surface area (Å²) < 4.78 is 23.1. The van der Waals surface area contributed by atoms with Crippen molar-refractivity contribution in [2.45, 2.75) is 139 Å². The zero-order valence-electron chi connectivity index (χ0n) is 26.4. The molecule has 2 aliphatic heterocycles. The molecule has 45 heavy (non-hydrogen) atoms. The Morgan fingerprint density at radius 2 is 1.36 bits per heavy atom. The Hall–Kier alpha value is -0.520. The van der Waals surface area contributed by atoms with Gasteiger partial charge in [0, 0.05) is 0 Å². The summed E-state index contributed by atoms with van der Waals surface area (Å²) >= 11 is 0. The summed E-state index contributed by atoms with van der Waals surface area (Å²) in [5.41, 5.74) is -1.16. The van der Waals surface area contributed by atoms with Crippen LogP contribution in [0.1, 0.15) is 71.6 Å². The lowest BCUT2D eigenvalue weighted by Gasteiger charge is -2.64. The number of hydrogen-bond donors (Lipinski definition) is 9. The molecule has 0 aromatic heterocycles. The lowest BCUT2D eigenvalue weighted by molar-refractivity contribution is -0.335. The predicted octanol–water partition coefficient (Wildman–Crippen LogP) is -1.24. The highest BCUT2D eigenvalue weighted by atomic mass is 16.7. The van der Waals surface area contributed by atoms with E-state index in [1.165, 1.54) is 0 Å². The van der Waals surface area contributed by atoms with Crippen molar-refractivity contribution in [3.63, 3.8) is 0 Å². The van der Waals surface area contributed by atoms with E-state index in [0.29, 0.717) is 18.3 Å². The van der Waals surface area contributed by atoms with Gasteiger partial charge in [-0.3, -0.25) is 0 Å². The van der Waals surface area contributed by atoms with Crippen molar-refractivity contribution in [3.8, 4) is 0 Å². The lowest BCUT2D eigenvalue weighted by atomic mass is 9.41. The van der Waals surface area contributed by atoms with E-state index in [2.05, 4.69) is 13.8 Å². The molecule has 0 unspecified atom stereocenters. The maximum absolute atomic E-state index is 11.3. The number of hydrogen-bond acceptors (Lipinski definition) is 13. The van der Waals surface area contributed by atoms with Gasteiger partial charge >= 0.3 is 0 Å². The van der Waals surface area contributed by atoms with Crippen molar-refractivity contribution >= 4 is 0 Å². The Morgan fingerprint density at radius 1 is 0.711 bits per heavy atom. The molecule has 0 radical (unpaired) electrons. The highest BCUT2D eigenvalue weighted by molar-refractivity contribution is 5.17. The van der Waals surface area contributed by atoms with Gasteiger partial charge in [0.15, 0.2) is 12.6 Å². The summed E-state index contributed by atoms with van der Waals surface area (Å²) in [7, 11) is 0. The van der Waals surface area contributed by atoms with Crippen molar-refractivity contribution in [1.82, 2.24) is 0 Å². The molecule has 0 aromatic carbocycles. The third-order valence-corrected chi connectivity index (χ3v) is 13.2. The SMILES string of the molecule is C[C@@]1(CO[C@@H]2O[C@H](CO[C@@H]3O[C@H](CO)[C@@H](O)[C@H](O)[C@H]3O)[C@@H](O)[C@H](O)[C@H]2O)CCC[C@]2(C)[C@@H]1CC[C@]13C[C@H](CC[C@H]12)[C@@](O)(CO)C3. The summed E-state index contributed by atoms with van der Waals surface area (Å²) in [5, 5.41) is 93.3. The van der Waals surface area contributed by atoms with Crippen LogP contribution in [0.25, 0.3) is 0 Å². The molecule has 13 nitrogen and oxygen atoms in total. The number of aliphatic hydroxyl groups is 9. The molecular formula is C32H54O13. The van der Waals surface area contributed by atoms with Crippen molar-refractivity contribution in [1.29, 1.82) is 0 Å². The molecule has 4 aliphatic carbocycles. The molecule has 2 bridgehead atoms. The highest BCUT2D eigenvalue weighted by Gasteiger charge is 2.67. The van der Waals surface area contributed by atoms with Crippen LogP contribution in [0.5, 0.6) is 0 Å². The third kappa shape index (κ3) is 5.61. The fourth-order valence-electron chi connectivity index (χ4n) is 11.0. The van der Waals surface area contributed by atoms with E-state index in [1.807, 2.05) is 0 Å². The first-order valence-electron chi connectivity index (χ1n) is 16.8. The second-order valence-electron chi connectivity index (χ2n) is 15.8. The minimum absolute atomic E-state index is 0.0316. The summed E-state index contributed by atoms with van der Waals surface area (Å²) in [5.74, 6) is 0.925. The van der Waals surface area contributed by atoms with Gasteiger partial charge in [0.05, 0.1) is 32.0 Å². The number of fused-ring (bicyclic) bond motifs is 3. The molecule has 260 valence electrons. The highest BCUT2D eigenvalue weighted by Crippen LogP contribution is 2.72. The van der Waals surface area contributed by atoms with Gasteiger partial charge in [-0.25, -0.2) is 0 Å². The van der Waals surface area contributed by atoms with Crippen molar-refractivity contribution in [3.05, 3.63) is 0 Å². The molecule has 2 heterocycles. The second kappa shape index (κ2) is 12.4. The molecule has 6 aliphatic rings.